The van der Waals surface area contributed by atoms with E-state index in [1.165, 1.54) is 0 Å². The number of nitrogens with zero attached hydrogens (tertiary/aromatic N) is 1. The monoisotopic (exact) mass is 236 g/mol. The summed E-state index contributed by atoms with van der Waals surface area (Å²) in [5.41, 5.74) is 1.89. The van der Waals surface area contributed by atoms with E-state index in [4.69, 9.17) is 4.42 Å². The third-order valence-corrected chi connectivity index (χ3v) is 5.02. The van der Waals surface area contributed by atoms with Crippen LogP contribution in [0.5, 0.6) is 0 Å². The van der Waals surface area contributed by atoms with Gasteiger partial charge in [-0.2, -0.15) is 0 Å². The fourth-order valence-corrected chi connectivity index (χ4v) is 2.78. The van der Waals surface area contributed by atoms with Crippen molar-refractivity contribution in [3.05, 3.63) is 17.3 Å². The molecule has 0 amide bonds. The summed E-state index contributed by atoms with van der Waals surface area (Å²) < 4.78 is 5.55. The molecule has 0 aliphatic heterocycles. The van der Waals surface area contributed by atoms with Crippen LogP contribution in [-0.2, 0) is 6.54 Å². The predicted molar refractivity (Wildman–Crippen MR) is 68.7 cm³/mol. The number of aromatic nitrogens is 1. The summed E-state index contributed by atoms with van der Waals surface area (Å²) in [6.07, 6.45) is 0. The molecule has 0 unspecified atom stereocenters. The summed E-state index contributed by atoms with van der Waals surface area (Å²) >= 11 is 0. The molecule has 2 rings (SSSR count). The SMILES string of the molecule is Cc1nc(CNCC2C(C)(C)C2(C)C)oc1C. The van der Waals surface area contributed by atoms with Gasteiger partial charge in [0.15, 0.2) is 0 Å². The lowest BCUT2D eigenvalue weighted by atomic mass is 10.0. The average Bonchev–Trinajstić information content (AvgIpc) is 2.50. The second-order valence-electron chi connectivity index (χ2n) is 6.38. The minimum absolute atomic E-state index is 0.447. The van der Waals surface area contributed by atoms with Crippen molar-refractivity contribution in [2.24, 2.45) is 16.7 Å². The van der Waals surface area contributed by atoms with Crippen LogP contribution in [0, 0.1) is 30.6 Å². The molecular formula is C14H24N2O. The Kier molecular flexibility index (Phi) is 2.85. The first-order chi connectivity index (χ1) is 7.76. The van der Waals surface area contributed by atoms with Gasteiger partial charge < -0.3 is 9.73 Å². The molecule has 17 heavy (non-hydrogen) atoms. The first kappa shape index (κ1) is 12.6. The van der Waals surface area contributed by atoms with Gasteiger partial charge in [-0.25, -0.2) is 4.98 Å². The Labute approximate surface area is 104 Å². The molecule has 0 bridgehead atoms. The van der Waals surface area contributed by atoms with E-state index in [0.29, 0.717) is 10.8 Å². The van der Waals surface area contributed by atoms with Crippen molar-refractivity contribution in [1.29, 1.82) is 0 Å². The average molecular weight is 236 g/mol. The Bertz CT molecular complexity index is 384. The minimum atomic E-state index is 0.447. The normalized spacial score (nSPS) is 21.8. The molecule has 1 heterocycles. The zero-order chi connectivity index (χ0) is 12.8. The third kappa shape index (κ3) is 2.01. The molecule has 3 nitrogen and oxygen atoms in total. The van der Waals surface area contributed by atoms with Crippen LogP contribution in [0.1, 0.15) is 45.0 Å². The fourth-order valence-electron chi connectivity index (χ4n) is 2.78. The second-order valence-corrected chi connectivity index (χ2v) is 6.38. The summed E-state index contributed by atoms with van der Waals surface area (Å²) in [6, 6.07) is 0. The molecule has 0 atom stereocenters. The lowest BCUT2D eigenvalue weighted by molar-refractivity contribution is 0.435. The Balaban J connectivity index is 1.82. The highest BCUT2D eigenvalue weighted by Gasteiger charge is 2.63. The van der Waals surface area contributed by atoms with Crippen LogP contribution in [0.25, 0.3) is 0 Å². The van der Waals surface area contributed by atoms with Crippen LogP contribution in [0.15, 0.2) is 4.42 Å². The number of hydrogen-bond donors (Lipinski definition) is 1. The quantitative estimate of drug-likeness (QED) is 0.873. The van der Waals surface area contributed by atoms with E-state index in [1.807, 2.05) is 13.8 Å². The predicted octanol–water partition coefficient (Wildman–Crippen LogP) is 3.06. The van der Waals surface area contributed by atoms with Crippen molar-refractivity contribution >= 4 is 0 Å². The highest BCUT2D eigenvalue weighted by Crippen LogP contribution is 2.67. The van der Waals surface area contributed by atoms with Gasteiger partial charge in [0, 0.05) is 0 Å². The zero-order valence-corrected chi connectivity index (χ0v) is 11.8. The Morgan fingerprint density at radius 3 is 2.18 bits per heavy atom. The van der Waals surface area contributed by atoms with E-state index < -0.39 is 0 Å². The summed E-state index contributed by atoms with van der Waals surface area (Å²) in [5, 5.41) is 3.46. The number of hydrogen-bond acceptors (Lipinski definition) is 3. The Morgan fingerprint density at radius 2 is 1.76 bits per heavy atom. The highest BCUT2D eigenvalue weighted by molar-refractivity contribution is 5.13. The van der Waals surface area contributed by atoms with E-state index in [9.17, 15) is 0 Å². The molecule has 0 radical (unpaired) electrons. The van der Waals surface area contributed by atoms with Gasteiger partial charge in [-0.05, 0) is 37.1 Å². The molecule has 1 aromatic heterocycles. The van der Waals surface area contributed by atoms with Gasteiger partial charge in [0.25, 0.3) is 0 Å². The van der Waals surface area contributed by atoms with E-state index in [0.717, 1.165) is 36.4 Å². The van der Waals surface area contributed by atoms with Gasteiger partial charge in [-0.3, -0.25) is 0 Å². The number of rotatable bonds is 4. The molecule has 0 spiro atoms. The van der Waals surface area contributed by atoms with Crippen LogP contribution in [0.2, 0.25) is 0 Å². The van der Waals surface area contributed by atoms with Crippen molar-refractivity contribution in [3.8, 4) is 0 Å². The van der Waals surface area contributed by atoms with E-state index in [2.05, 4.69) is 38.0 Å². The van der Waals surface area contributed by atoms with E-state index in [-0.39, 0.29) is 0 Å². The fraction of sp³-hybridized carbons (Fsp3) is 0.786. The third-order valence-electron chi connectivity index (χ3n) is 5.02. The molecule has 1 aliphatic rings. The van der Waals surface area contributed by atoms with Gasteiger partial charge >= 0.3 is 0 Å². The van der Waals surface area contributed by atoms with E-state index in [1.54, 1.807) is 0 Å². The Morgan fingerprint density at radius 1 is 1.18 bits per heavy atom. The lowest BCUT2D eigenvalue weighted by Gasteiger charge is -2.04. The summed E-state index contributed by atoms with van der Waals surface area (Å²) in [7, 11) is 0. The lowest BCUT2D eigenvalue weighted by Crippen LogP contribution is -2.19. The van der Waals surface area contributed by atoms with Crippen molar-refractivity contribution < 1.29 is 4.42 Å². The van der Waals surface area contributed by atoms with Crippen LogP contribution in [-0.4, -0.2) is 11.5 Å². The smallest absolute Gasteiger partial charge is 0.208 e. The van der Waals surface area contributed by atoms with Crippen LogP contribution >= 0.6 is 0 Å². The largest absolute Gasteiger partial charge is 0.444 e. The van der Waals surface area contributed by atoms with Crippen LogP contribution in [0.4, 0.5) is 0 Å². The molecule has 1 aliphatic carbocycles. The molecule has 0 saturated heterocycles. The first-order valence-corrected chi connectivity index (χ1v) is 6.40. The molecule has 1 saturated carbocycles. The summed E-state index contributed by atoms with van der Waals surface area (Å²) in [4.78, 5) is 4.37. The van der Waals surface area contributed by atoms with Gasteiger partial charge in [0.1, 0.15) is 5.76 Å². The maximum Gasteiger partial charge on any atom is 0.208 e. The van der Waals surface area contributed by atoms with Crippen molar-refractivity contribution in [2.75, 3.05) is 6.54 Å². The topological polar surface area (TPSA) is 38.1 Å². The van der Waals surface area contributed by atoms with Gasteiger partial charge in [0.2, 0.25) is 5.89 Å². The number of aryl methyl sites for hydroxylation is 2. The van der Waals surface area contributed by atoms with Crippen LogP contribution in [0.3, 0.4) is 0 Å². The zero-order valence-electron chi connectivity index (χ0n) is 11.8. The Hall–Kier alpha value is -0.830. The molecule has 1 fully saturated rings. The van der Waals surface area contributed by atoms with Gasteiger partial charge in [-0.1, -0.05) is 27.7 Å². The molecule has 3 heteroatoms. The van der Waals surface area contributed by atoms with Gasteiger partial charge in [0.05, 0.1) is 12.2 Å². The van der Waals surface area contributed by atoms with E-state index >= 15 is 0 Å². The van der Waals surface area contributed by atoms with Crippen molar-refractivity contribution in [2.45, 2.75) is 48.1 Å². The molecule has 1 N–H and O–H groups in total. The van der Waals surface area contributed by atoms with Crippen molar-refractivity contribution in [1.82, 2.24) is 10.3 Å². The molecule has 96 valence electrons. The molecule has 1 aromatic rings. The standard InChI is InChI=1S/C14H24N2O/c1-9-10(2)17-12(16-9)8-15-7-11-13(3,4)14(11,5)6/h11,15H,7-8H2,1-6H3. The maximum atomic E-state index is 5.55. The van der Waals surface area contributed by atoms with Crippen molar-refractivity contribution in [3.63, 3.8) is 0 Å². The number of nitrogens with one attached hydrogen (secondary N) is 1. The first-order valence-electron chi connectivity index (χ1n) is 6.40. The minimum Gasteiger partial charge on any atom is -0.444 e. The second kappa shape index (κ2) is 3.84. The maximum absolute atomic E-state index is 5.55. The summed E-state index contributed by atoms with van der Waals surface area (Å²) in [5.74, 6) is 2.47. The van der Waals surface area contributed by atoms with Gasteiger partial charge in [-0.15, -0.1) is 0 Å². The van der Waals surface area contributed by atoms with Crippen LogP contribution < -0.4 is 5.32 Å². The number of oxazole rings is 1. The molecule has 0 aromatic carbocycles. The highest BCUT2D eigenvalue weighted by atomic mass is 16.4. The summed E-state index contributed by atoms with van der Waals surface area (Å²) in [6.45, 7) is 15.1. The molecular weight excluding hydrogens is 212 g/mol.